The van der Waals surface area contributed by atoms with Crippen LogP contribution in [0.3, 0.4) is 0 Å². The van der Waals surface area contributed by atoms with Gasteiger partial charge in [-0.15, -0.1) is 0 Å². The summed E-state index contributed by atoms with van der Waals surface area (Å²) in [6, 6.07) is 8.05. The van der Waals surface area contributed by atoms with E-state index in [1.165, 1.54) is 0 Å². The molecule has 7 nitrogen and oxygen atoms in total. The summed E-state index contributed by atoms with van der Waals surface area (Å²) in [5, 5.41) is 0. The Balaban J connectivity index is 1.49. The molecule has 0 spiro atoms. The fraction of sp³-hybridized carbons (Fsp3) is 0.600. The lowest BCUT2D eigenvalue weighted by molar-refractivity contribution is 0.00578. The van der Waals surface area contributed by atoms with Crippen molar-refractivity contribution in [3.05, 3.63) is 36.3 Å². The van der Waals surface area contributed by atoms with E-state index in [-0.39, 0.29) is 30.5 Å². The molecule has 2 aliphatic rings. The standard InChI is InChI=1S/C25H36BN3O4/c1-23(2,3)31-22(30)29-15-9-8-10-20(29)21-27-16-19(28-21)17-11-13-18(14-12-17)26-32-24(4,5)25(6,7)33-26/h11-14,16,20H,8-10,15H2,1-7H3,(H,27,28)/t20-/m0/s1. The molecule has 2 aromatic rings. The van der Waals surface area contributed by atoms with E-state index in [0.29, 0.717) is 6.54 Å². The van der Waals surface area contributed by atoms with Gasteiger partial charge in [0.25, 0.3) is 0 Å². The number of ether oxygens (including phenoxy) is 1. The molecule has 1 N–H and O–H groups in total. The third-order valence-electron chi connectivity index (χ3n) is 6.79. The number of piperidine rings is 1. The van der Waals surface area contributed by atoms with E-state index >= 15 is 0 Å². The second-order valence-electron chi connectivity index (χ2n) is 11.1. The molecule has 4 rings (SSSR count). The Morgan fingerprint density at radius 3 is 2.36 bits per heavy atom. The number of imidazole rings is 1. The van der Waals surface area contributed by atoms with Gasteiger partial charge in [0.2, 0.25) is 0 Å². The summed E-state index contributed by atoms with van der Waals surface area (Å²) in [4.78, 5) is 22.6. The first-order chi connectivity index (χ1) is 15.4. The number of nitrogens with zero attached hydrogens (tertiary/aromatic N) is 2. The summed E-state index contributed by atoms with van der Waals surface area (Å²) in [7, 11) is -0.383. The van der Waals surface area contributed by atoms with E-state index in [2.05, 4.69) is 37.7 Å². The highest BCUT2D eigenvalue weighted by molar-refractivity contribution is 6.62. The van der Waals surface area contributed by atoms with Gasteiger partial charge in [0.15, 0.2) is 0 Å². The maximum Gasteiger partial charge on any atom is 0.494 e. The van der Waals surface area contributed by atoms with Crippen molar-refractivity contribution in [2.45, 2.75) is 90.6 Å². The normalized spacial score (nSPS) is 22.5. The second-order valence-corrected chi connectivity index (χ2v) is 11.1. The first-order valence-electron chi connectivity index (χ1n) is 11.9. The maximum absolute atomic E-state index is 12.8. The van der Waals surface area contributed by atoms with Crippen LogP contribution in [0.1, 0.15) is 79.6 Å². The van der Waals surface area contributed by atoms with Gasteiger partial charge >= 0.3 is 13.2 Å². The predicted octanol–water partition coefficient (Wildman–Crippen LogP) is 4.84. The number of benzene rings is 1. The first-order valence-corrected chi connectivity index (χ1v) is 11.9. The molecule has 3 heterocycles. The van der Waals surface area contributed by atoms with Crippen LogP contribution in [0.4, 0.5) is 4.79 Å². The van der Waals surface area contributed by atoms with Crippen molar-refractivity contribution in [1.29, 1.82) is 0 Å². The van der Waals surface area contributed by atoms with Crippen molar-refractivity contribution in [3.8, 4) is 11.3 Å². The van der Waals surface area contributed by atoms with Crippen molar-refractivity contribution < 1.29 is 18.8 Å². The van der Waals surface area contributed by atoms with Crippen molar-refractivity contribution in [1.82, 2.24) is 14.9 Å². The molecule has 1 aromatic carbocycles. The van der Waals surface area contributed by atoms with Gasteiger partial charge in [-0.2, -0.15) is 0 Å². The smallest absolute Gasteiger partial charge is 0.444 e. The van der Waals surface area contributed by atoms with Crippen LogP contribution in [0.15, 0.2) is 30.5 Å². The molecule has 1 aromatic heterocycles. The highest BCUT2D eigenvalue weighted by Gasteiger charge is 2.51. The Bertz CT molecular complexity index is 978. The van der Waals surface area contributed by atoms with Gasteiger partial charge in [0.1, 0.15) is 11.4 Å². The zero-order chi connectivity index (χ0) is 24.0. The molecular weight excluding hydrogens is 417 g/mol. The van der Waals surface area contributed by atoms with Gasteiger partial charge in [0.05, 0.1) is 29.1 Å². The minimum atomic E-state index is -0.522. The van der Waals surface area contributed by atoms with Crippen molar-refractivity contribution in [2.24, 2.45) is 0 Å². The number of aromatic nitrogens is 2. The second kappa shape index (κ2) is 8.47. The summed E-state index contributed by atoms with van der Waals surface area (Å²) in [6.45, 7) is 14.6. The molecule has 2 aliphatic heterocycles. The molecule has 8 heteroatoms. The van der Waals surface area contributed by atoms with Crippen LogP contribution in [-0.2, 0) is 14.0 Å². The van der Waals surface area contributed by atoms with Crippen LogP contribution in [0.2, 0.25) is 0 Å². The summed E-state index contributed by atoms with van der Waals surface area (Å²) in [5.74, 6) is 0.797. The fourth-order valence-corrected chi connectivity index (χ4v) is 4.21. The van der Waals surface area contributed by atoms with E-state index in [1.54, 1.807) is 4.90 Å². The van der Waals surface area contributed by atoms with E-state index in [9.17, 15) is 4.79 Å². The number of H-pyrrole nitrogens is 1. The summed E-state index contributed by atoms with van der Waals surface area (Å²) < 4.78 is 17.9. The molecule has 0 radical (unpaired) electrons. The summed E-state index contributed by atoms with van der Waals surface area (Å²) in [5.41, 5.74) is 1.67. The molecule has 2 saturated heterocycles. The number of amides is 1. The number of hydrogen-bond donors (Lipinski definition) is 1. The number of carbonyl (C=O) groups is 1. The minimum absolute atomic E-state index is 0.105. The average molecular weight is 453 g/mol. The third-order valence-corrected chi connectivity index (χ3v) is 6.79. The quantitative estimate of drug-likeness (QED) is 0.674. The Labute approximate surface area is 197 Å². The topological polar surface area (TPSA) is 76.7 Å². The Kier molecular flexibility index (Phi) is 6.12. The lowest BCUT2D eigenvalue weighted by Crippen LogP contribution is -2.42. The van der Waals surface area contributed by atoms with Gasteiger partial charge in [-0.1, -0.05) is 24.3 Å². The first kappa shape index (κ1) is 23.8. The van der Waals surface area contributed by atoms with Crippen LogP contribution >= 0.6 is 0 Å². The molecule has 1 atom stereocenters. The fourth-order valence-electron chi connectivity index (χ4n) is 4.21. The van der Waals surface area contributed by atoms with Gasteiger partial charge in [-0.3, -0.25) is 4.90 Å². The number of carbonyl (C=O) groups excluding carboxylic acids is 1. The van der Waals surface area contributed by atoms with Crippen molar-refractivity contribution >= 4 is 18.7 Å². The largest absolute Gasteiger partial charge is 0.494 e. The highest BCUT2D eigenvalue weighted by atomic mass is 16.7. The molecule has 0 unspecified atom stereocenters. The molecule has 33 heavy (non-hydrogen) atoms. The van der Waals surface area contributed by atoms with E-state index in [0.717, 1.165) is 41.8 Å². The number of aromatic amines is 1. The number of hydrogen-bond acceptors (Lipinski definition) is 5. The number of likely N-dealkylation sites (tertiary alicyclic amines) is 1. The van der Waals surface area contributed by atoms with E-state index in [4.69, 9.17) is 14.0 Å². The zero-order valence-corrected chi connectivity index (χ0v) is 20.9. The van der Waals surface area contributed by atoms with Gasteiger partial charge in [-0.25, -0.2) is 9.78 Å². The monoisotopic (exact) mass is 453 g/mol. The van der Waals surface area contributed by atoms with Crippen LogP contribution in [0.25, 0.3) is 11.3 Å². The van der Waals surface area contributed by atoms with Crippen molar-refractivity contribution in [3.63, 3.8) is 0 Å². The Morgan fingerprint density at radius 1 is 1.12 bits per heavy atom. The van der Waals surface area contributed by atoms with Crippen molar-refractivity contribution in [2.75, 3.05) is 6.54 Å². The molecule has 1 amide bonds. The SMILES string of the molecule is CC(C)(C)OC(=O)N1CCCC[C@H]1c1ncc(-c2ccc(B3OC(C)(C)C(C)(C)O3)cc2)[nH]1. The molecule has 178 valence electrons. The van der Waals surface area contributed by atoms with Gasteiger partial charge < -0.3 is 19.0 Å². The molecular formula is C25H36BN3O4. The van der Waals surface area contributed by atoms with Gasteiger partial charge in [0, 0.05) is 6.54 Å². The lowest BCUT2D eigenvalue weighted by atomic mass is 9.79. The molecule has 0 aliphatic carbocycles. The molecule has 0 bridgehead atoms. The third kappa shape index (κ3) is 4.97. The zero-order valence-electron chi connectivity index (χ0n) is 20.9. The lowest BCUT2D eigenvalue weighted by Gasteiger charge is -2.35. The van der Waals surface area contributed by atoms with Gasteiger partial charge in [-0.05, 0) is 78.8 Å². The molecule has 2 fully saturated rings. The highest BCUT2D eigenvalue weighted by Crippen LogP contribution is 2.37. The van der Waals surface area contributed by atoms with Crippen LogP contribution in [0.5, 0.6) is 0 Å². The summed E-state index contributed by atoms with van der Waals surface area (Å²) >= 11 is 0. The van der Waals surface area contributed by atoms with E-state index < -0.39 is 5.60 Å². The number of rotatable bonds is 3. The van der Waals surface area contributed by atoms with Crippen LogP contribution in [0, 0.1) is 0 Å². The minimum Gasteiger partial charge on any atom is -0.444 e. The Hall–Kier alpha value is -2.32. The number of nitrogens with one attached hydrogen (secondary N) is 1. The predicted molar refractivity (Wildman–Crippen MR) is 129 cm³/mol. The van der Waals surface area contributed by atoms with E-state index in [1.807, 2.05) is 51.2 Å². The average Bonchev–Trinajstić information content (AvgIpc) is 3.29. The Morgan fingerprint density at radius 2 is 1.76 bits per heavy atom. The maximum atomic E-state index is 12.8. The van der Waals surface area contributed by atoms with Crippen LogP contribution in [-0.4, -0.2) is 51.4 Å². The van der Waals surface area contributed by atoms with Crippen LogP contribution < -0.4 is 5.46 Å². The molecule has 0 saturated carbocycles. The summed E-state index contributed by atoms with van der Waals surface area (Å²) in [6.07, 6.45) is 4.46.